The predicted molar refractivity (Wildman–Crippen MR) is 92.0 cm³/mol. The van der Waals surface area contributed by atoms with Crippen molar-refractivity contribution in [3.05, 3.63) is 35.4 Å². The Kier molecular flexibility index (Phi) is 5.27. The SMILES string of the molecule is COc1ccc(CCC2CC2/C=C2/CCCC[C@@H]2O)cc1OC. The van der Waals surface area contributed by atoms with Crippen molar-refractivity contribution >= 4 is 0 Å². The van der Waals surface area contributed by atoms with Gasteiger partial charge in [0.2, 0.25) is 0 Å². The van der Waals surface area contributed by atoms with Crippen molar-refractivity contribution in [1.29, 1.82) is 0 Å². The number of ether oxygens (including phenoxy) is 2. The van der Waals surface area contributed by atoms with Gasteiger partial charge in [-0.2, -0.15) is 0 Å². The molecule has 0 bridgehead atoms. The second-order valence-corrected chi connectivity index (χ2v) is 6.89. The fourth-order valence-corrected chi connectivity index (χ4v) is 3.68. The van der Waals surface area contributed by atoms with Crippen LogP contribution in [0.2, 0.25) is 0 Å². The zero-order valence-electron chi connectivity index (χ0n) is 14.3. The minimum Gasteiger partial charge on any atom is -0.493 e. The van der Waals surface area contributed by atoms with Gasteiger partial charge in [-0.3, -0.25) is 0 Å². The van der Waals surface area contributed by atoms with Gasteiger partial charge in [-0.25, -0.2) is 0 Å². The van der Waals surface area contributed by atoms with Crippen LogP contribution in [0.1, 0.15) is 44.1 Å². The number of aliphatic hydroxyl groups is 1. The van der Waals surface area contributed by atoms with Gasteiger partial charge >= 0.3 is 0 Å². The Morgan fingerprint density at radius 3 is 2.74 bits per heavy atom. The summed E-state index contributed by atoms with van der Waals surface area (Å²) >= 11 is 0. The van der Waals surface area contributed by atoms with Crippen LogP contribution in [0.25, 0.3) is 0 Å². The normalized spacial score (nSPS) is 28.7. The second kappa shape index (κ2) is 7.39. The Balaban J connectivity index is 1.51. The van der Waals surface area contributed by atoms with Crippen molar-refractivity contribution in [2.75, 3.05) is 14.2 Å². The standard InChI is InChI=1S/C20H28O3/c1-22-19-10-8-14(11-20(19)23-2)7-9-15-12-17(15)13-16-5-3-4-6-18(16)21/h8,10-11,13,15,17-18,21H,3-7,9,12H2,1-2H3/b16-13-/t15?,17?,18-/m0/s1. The van der Waals surface area contributed by atoms with Crippen LogP contribution in [-0.2, 0) is 6.42 Å². The first-order valence-electron chi connectivity index (χ1n) is 8.81. The molecule has 0 saturated heterocycles. The molecule has 2 aliphatic rings. The van der Waals surface area contributed by atoms with Crippen LogP contribution in [0.15, 0.2) is 29.8 Å². The molecule has 2 fully saturated rings. The van der Waals surface area contributed by atoms with Crippen molar-refractivity contribution in [3.8, 4) is 11.5 Å². The molecule has 2 unspecified atom stereocenters. The molecule has 3 atom stereocenters. The lowest BCUT2D eigenvalue weighted by molar-refractivity contribution is 0.178. The number of methoxy groups -OCH3 is 2. The molecule has 23 heavy (non-hydrogen) atoms. The maximum absolute atomic E-state index is 10.1. The molecule has 3 nitrogen and oxygen atoms in total. The van der Waals surface area contributed by atoms with Gasteiger partial charge < -0.3 is 14.6 Å². The van der Waals surface area contributed by atoms with Crippen LogP contribution in [0.3, 0.4) is 0 Å². The largest absolute Gasteiger partial charge is 0.493 e. The van der Waals surface area contributed by atoms with E-state index in [1.807, 2.05) is 6.07 Å². The molecule has 0 heterocycles. The monoisotopic (exact) mass is 316 g/mol. The van der Waals surface area contributed by atoms with E-state index in [0.29, 0.717) is 5.92 Å². The van der Waals surface area contributed by atoms with E-state index in [1.165, 1.54) is 36.8 Å². The molecule has 3 rings (SSSR count). The Morgan fingerprint density at radius 1 is 1.17 bits per heavy atom. The summed E-state index contributed by atoms with van der Waals surface area (Å²) in [5.74, 6) is 3.07. The Hall–Kier alpha value is -1.48. The molecule has 0 radical (unpaired) electrons. The maximum Gasteiger partial charge on any atom is 0.160 e. The molecule has 1 N–H and O–H groups in total. The molecule has 2 saturated carbocycles. The number of hydrogen-bond donors (Lipinski definition) is 1. The smallest absolute Gasteiger partial charge is 0.160 e. The first-order valence-corrected chi connectivity index (χ1v) is 8.81. The summed E-state index contributed by atoms with van der Waals surface area (Å²) in [6.07, 6.45) is 10.2. The molecule has 0 amide bonds. The molecule has 0 aromatic heterocycles. The molecule has 3 heteroatoms. The van der Waals surface area contributed by atoms with Crippen LogP contribution in [0.5, 0.6) is 11.5 Å². The van der Waals surface area contributed by atoms with E-state index in [1.54, 1.807) is 14.2 Å². The molecule has 0 aliphatic heterocycles. The summed E-state index contributed by atoms with van der Waals surface area (Å²) in [5.41, 5.74) is 2.61. The topological polar surface area (TPSA) is 38.7 Å². The minimum atomic E-state index is -0.171. The molecule has 126 valence electrons. The lowest BCUT2D eigenvalue weighted by atomic mass is 9.91. The number of hydrogen-bond acceptors (Lipinski definition) is 3. The quantitative estimate of drug-likeness (QED) is 0.802. The van der Waals surface area contributed by atoms with Gasteiger partial charge in [-0.05, 0) is 73.6 Å². The van der Waals surface area contributed by atoms with Gasteiger partial charge in [0, 0.05) is 0 Å². The lowest BCUT2D eigenvalue weighted by Crippen LogP contribution is -2.15. The van der Waals surface area contributed by atoms with E-state index >= 15 is 0 Å². The lowest BCUT2D eigenvalue weighted by Gasteiger charge is -2.20. The third-order valence-electron chi connectivity index (χ3n) is 5.28. The average Bonchev–Trinajstić information content (AvgIpc) is 3.33. The Labute approximate surface area is 139 Å². The van der Waals surface area contributed by atoms with Crippen LogP contribution < -0.4 is 9.47 Å². The van der Waals surface area contributed by atoms with Gasteiger partial charge in [0.1, 0.15) is 0 Å². The van der Waals surface area contributed by atoms with E-state index in [2.05, 4.69) is 18.2 Å². The highest BCUT2D eigenvalue weighted by molar-refractivity contribution is 5.42. The minimum absolute atomic E-state index is 0.171. The Morgan fingerprint density at radius 2 is 2.00 bits per heavy atom. The summed E-state index contributed by atoms with van der Waals surface area (Å²) in [4.78, 5) is 0. The van der Waals surface area contributed by atoms with Crippen molar-refractivity contribution in [1.82, 2.24) is 0 Å². The van der Waals surface area contributed by atoms with Crippen LogP contribution in [0, 0.1) is 11.8 Å². The first kappa shape index (κ1) is 16.4. The van der Waals surface area contributed by atoms with Crippen molar-refractivity contribution in [2.24, 2.45) is 11.8 Å². The summed E-state index contributed by atoms with van der Waals surface area (Å²) in [6, 6.07) is 6.20. The molecular formula is C20H28O3. The van der Waals surface area contributed by atoms with Gasteiger partial charge in [-0.1, -0.05) is 18.6 Å². The maximum atomic E-state index is 10.1. The molecule has 1 aromatic carbocycles. The highest BCUT2D eigenvalue weighted by atomic mass is 16.5. The predicted octanol–water partition coefficient (Wildman–Crippen LogP) is 4.13. The van der Waals surface area contributed by atoms with Gasteiger partial charge in [-0.15, -0.1) is 0 Å². The van der Waals surface area contributed by atoms with Crippen LogP contribution >= 0.6 is 0 Å². The van der Waals surface area contributed by atoms with Crippen molar-refractivity contribution in [2.45, 2.75) is 51.0 Å². The number of benzene rings is 1. The third kappa shape index (κ3) is 4.08. The van der Waals surface area contributed by atoms with Crippen LogP contribution in [-0.4, -0.2) is 25.4 Å². The third-order valence-corrected chi connectivity index (χ3v) is 5.28. The number of aryl methyl sites for hydroxylation is 1. The van der Waals surface area contributed by atoms with Gasteiger partial charge in [0.15, 0.2) is 11.5 Å². The van der Waals surface area contributed by atoms with Crippen molar-refractivity contribution in [3.63, 3.8) is 0 Å². The fraction of sp³-hybridized carbons (Fsp3) is 0.600. The number of aliphatic hydroxyl groups excluding tert-OH is 1. The van der Waals surface area contributed by atoms with Crippen LogP contribution in [0.4, 0.5) is 0 Å². The van der Waals surface area contributed by atoms with Gasteiger partial charge in [0.25, 0.3) is 0 Å². The van der Waals surface area contributed by atoms with E-state index in [0.717, 1.165) is 36.7 Å². The average molecular weight is 316 g/mol. The zero-order valence-corrected chi connectivity index (χ0v) is 14.3. The van der Waals surface area contributed by atoms with E-state index < -0.39 is 0 Å². The molecule has 0 spiro atoms. The zero-order chi connectivity index (χ0) is 16.2. The van der Waals surface area contributed by atoms with E-state index in [9.17, 15) is 5.11 Å². The van der Waals surface area contributed by atoms with E-state index in [-0.39, 0.29) is 6.10 Å². The summed E-state index contributed by atoms with van der Waals surface area (Å²) in [7, 11) is 3.35. The first-order chi connectivity index (χ1) is 11.2. The number of rotatable bonds is 6. The molecular weight excluding hydrogens is 288 g/mol. The highest BCUT2D eigenvalue weighted by Gasteiger charge is 2.35. The molecule has 1 aromatic rings. The molecule has 2 aliphatic carbocycles. The Bertz CT molecular complexity index is 564. The van der Waals surface area contributed by atoms with E-state index in [4.69, 9.17) is 9.47 Å². The summed E-state index contributed by atoms with van der Waals surface area (Å²) in [6.45, 7) is 0. The van der Waals surface area contributed by atoms with Gasteiger partial charge in [0.05, 0.1) is 20.3 Å². The second-order valence-electron chi connectivity index (χ2n) is 6.89. The highest BCUT2D eigenvalue weighted by Crippen LogP contribution is 2.45. The number of allylic oxidation sites excluding steroid dienone is 1. The summed E-state index contributed by atoms with van der Waals surface area (Å²) in [5, 5.41) is 10.1. The summed E-state index contributed by atoms with van der Waals surface area (Å²) < 4.78 is 10.7. The fourth-order valence-electron chi connectivity index (χ4n) is 3.68. The van der Waals surface area contributed by atoms with Crippen molar-refractivity contribution < 1.29 is 14.6 Å².